The second kappa shape index (κ2) is 7.12. The van der Waals surface area contributed by atoms with E-state index in [0.717, 1.165) is 33.4 Å². The number of ether oxygens (including phenoxy) is 1. The summed E-state index contributed by atoms with van der Waals surface area (Å²) in [5.74, 6) is -0.446. The van der Waals surface area contributed by atoms with Crippen molar-refractivity contribution < 1.29 is 14.3 Å². The Morgan fingerprint density at radius 1 is 0.633 bits per heavy atom. The molecular weight excluding hydrogens is 372 g/mol. The van der Waals surface area contributed by atoms with Gasteiger partial charge in [-0.1, -0.05) is 84.9 Å². The van der Waals surface area contributed by atoms with Crippen molar-refractivity contribution in [3.05, 3.63) is 108 Å². The van der Waals surface area contributed by atoms with Crippen LogP contribution >= 0.6 is 0 Å². The molecule has 1 aliphatic rings. The largest absolute Gasteiger partial charge is 0.465 e. The van der Waals surface area contributed by atoms with Gasteiger partial charge in [-0.2, -0.15) is 0 Å². The Hall–Kier alpha value is -3.98. The first-order chi connectivity index (χ1) is 14.7. The van der Waals surface area contributed by atoms with Gasteiger partial charge in [-0.25, -0.2) is 4.79 Å². The molecule has 3 heteroatoms. The smallest absolute Gasteiger partial charge is 0.338 e. The first-order valence-corrected chi connectivity index (χ1v) is 9.75. The molecule has 0 N–H and O–H groups in total. The number of fused-ring (bicyclic) bond motifs is 3. The van der Waals surface area contributed by atoms with Gasteiger partial charge >= 0.3 is 5.97 Å². The average Bonchev–Trinajstić information content (AvgIpc) is 3.11. The SMILES string of the molecule is COC(=O)c1cc(-c2ccccc2)c2c(c1-c1ccccc1)-c1ccccc1C2=O. The Labute approximate surface area is 174 Å². The summed E-state index contributed by atoms with van der Waals surface area (Å²) in [7, 11) is 1.38. The molecule has 0 aliphatic heterocycles. The first kappa shape index (κ1) is 18.1. The summed E-state index contributed by atoms with van der Waals surface area (Å²) in [6.45, 7) is 0. The molecule has 0 unspecified atom stereocenters. The summed E-state index contributed by atoms with van der Waals surface area (Å²) in [5.41, 5.74) is 6.62. The topological polar surface area (TPSA) is 43.4 Å². The zero-order valence-corrected chi connectivity index (χ0v) is 16.4. The Morgan fingerprint density at radius 3 is 1.83 bits per heavy atom. The predicted octanol–water partition coefficient (Wildman–Crippen LogP) is 6.02. The number of esters is 1. The van der Waals surface area contributed by atoms with Crippen LogP contribution in [-0.2, 0) is 4.74 Å². The molecule has 0 aromatic heterocycles. The van der Waals surface area contributed by atoms with Gasteiger partial charge in [0, 0.05) is 22.3 Å². The van der Waals surface area contributed by atoms with Crippen molar-refractivity contribution in [3.8, 4) is 33.4 Å². The summed E-state index contributed by atoms with van der Waals surface area (Å²) in [6, 6.07) is 28.8. The van der Waals surface area contributed by atoms with Gasteiger partial charge in [-0.3, -0.25) is 4.79 Å². The zero-order chi connectivity index (χ0) is 20.7. The van der Waals surface area contributed by atoms with Crippen LogP contribution in [0.15, 0.2) is 91.0 Å². The summed E-state index contributed by atoms with van der Waals surface area (Å²) in [5, 5.41) is 0. The number of hydrogen-bond acceptors (Lipinski definition) is 3. The van der Waals surface area contributed by atoms with Gasteiger partial charge in [-0.05, 0) is 28.3 Å². The molecule has 0 bridgehead atoms. The Morgan fingerprint density at radius 2 is 1.20 bits per heavy atom. The quantitative estimate of drug-likeness (QED) is 0.354. The highest BCUT2D eigenvalue weighted by Crippen LogP contribution is 2.48. The fraction of sp³-hybridized carbons (Fsp3) is 0.0370. The molecular formula is C27H18O3. The van der Waals surface area contributed by atoms with E-state index in [0.29, 0.717) is 16.7 Å². The third-order valence-electron chi connectivity index (χ3n) is 5.55. The highest BCUT2D eigenvalue weighted by Gasteiger charge is 2.34. The van der Waals surface area contributed by atoms with Crippen LogP contribution in [0.2, 0.25) is 0 Å². The predicted molar refractivity (Wildman–Crippen MR) is 118 cm³/mol. The second-order valence-electron chi connectivity index (χ2n) is 7.20. The highest BCUT2D eigenvalue weighted by atomic mass is 16.5. The standard InChI is InChI=1S/C27H18O3/c1-30-27(29)22-16-21(17-10-4-2-5-11-17)25-24(23(22)18-12-6-3-7-13-18)19-14-8-9-15-20(19)26(25)28/h2-16H,1H3. The number of carbonyl (C=O) groups excluding carboxylic acids is 2. The van der Waals surface area contributed by atoms with Gasteiger partial charge < -0.3 is 4.74 Å². The van der Waals surface area contributed by atoms with E-state index in [1.807, 2.05) is 84.9 Å². The van der Waals surface area contributed by atoms with E-state index >= 15 is 0 Å². The summed E-state index contributed by atoms with van der Waals surface area (Å²) < 4.78 is 5.14. The lowest BCUT2D eigenvalue weighted by molar-refractivity contribution is 0.0601. The maximum absolute atomic E-state index is 13.5. The maximum Gasteiger partial charge on any atom is 0.338 e. The highest BCUT2D eigenvalue weighted by molar-refractivity contribution is 6.28. The molecule has 3 nitrogen and oxygen atoms in total. The van der Waals surface area contributed by atoms with Crippen molar-refractivity contribution in [2.45, 2.75) is 0 Å². The number of rotatable bonds is 3. The van der Waals surface area contributed by atoms with E-state index in [1.54, 1.807) is 6.07 Å². The van der Waals surface area contributed by atoms with Crippen LogP contribution < -0.4 is 0 Å². The number of methoxy groups -OCH3 is 1. The van der Waals surface area contributed by atoms with Crippen LogP contribution in [0.25, 0.3) is 33.4 Å². The van der Waals surface area contributed by atoms with Crippen LogP contribution in [0.3, 0.4) is 0 Å². The monoisotopic (exact) mass is 390 g/mol. The Bertz CT molecular complexity index is 1290. The molecule has 30 heavy (non-hydrogen) atoms. The van der Waals surface area contributed by atoms with E-state index in [9.17, 15) is 9.59 Å². The molecule has 1 aliphatic carbocycles. The van der Waals surface area contributed by atoms with Crippen molar-refractivity contribution in [3.63, 3.8) is 0 Å². The van der Waals surface area contributed by atoms with Crippen molar-refractivity contribution >= 4 is 11.8 Å². The van der Waals surface area contributed by atoms with Gasteiger partial charge in [0.1, 0.15) is 0 Å². The van der Waals surface area contributed by atoms with Crippen LogP contribution in [0.1, 0.15) is 26.3 Å². The van der Waals surface area contributed by atoms with Crippen molar-refractivity contribution in [1.29, 1.82) is 0 Å². The van der Waals surface area contributed by atoms with Crippen molar-refractivity contribution in [2.24, 2.45) is 0 Å². The minimum atomic E-state index is -0.425. The average molecular weight is 390 g/mol. The van der Waals surface area contributed by atoms with Crippen LogP contribution in [-0.4, -0.2) is 18.9 Å². The maximum atomic E-state index is 13.5. The van der Waals surface area contributed by atoms with Gasteiger partial charge in [-0.15, -0.1) is 0 Å². The second-order valence-corrected chi connectivity index (χ2v) is 7.20. The lowest BCUT2D eigenvalue weighted by Gasteiger charge is -2.18. The van der Waals surface area contributed by atoms with Gasteiger partial charge in [0.15, 0.2) is 5.78 Å². The van der Waals surface area contributed by atoms with Gasteiger partial charge in [0.05, 0.1) is 12.7 Å². The summed E-state index contributed by atoms with van der Waals surface area (Å²) >= 11 is 0. The Kier molecular flexibility index (Phi) is 4.29. The zero-order valence-electron chi connectivity index (χ0n) is 16.4. The molecule has 0 saturated carbocycles. The van der Waals surface area contributed by atoms with Crippen molar-refractivity contribution in [1.82, 2.24) is 0 Å². The fourth-order valence-electron chi connectivity index (χ4n) is 4.24. The van der Waals surface area contributed by atoms with Crippen molar-refractivity contribution in [2.75, 3.05) is 7.11 Å². The number of hydrogen-bond donors (Lipinski definition) is 0. The summed E-state index contributed by atoms with van der Waals surface area (Å²) in [4.78, 5) is 26.4. The molecule has 0 saturated heterocycles. The molecule has 4 aromatic rings. The van der Waals surface area contributed by atoms with E-state index in [-0.39, 0.29) is 5.78 Å². The number of carbonyl (C=O) groups is 2. The van der Waals surface area contributed by atoms with Gasteiger partial charge in [0.2, 0.25) is 0 Å². The molecule has 144 valence electrons. The third-order valence-corrected chi connectivity index (χ3v) is 5.55. The molecule has 4 aromatic carbocycles. The fourth-order valence-corrected chi connectivity index (χ4v) is 4.24. The van der Waals surface area contributed by atoms with E-state index in [4.69, 9.17) is 4.74 Å². The molecule has 0 atom stereocenters. The molecule has 0 fully saturated rings. The minimum Gasteiger partial charge on any atom is -0.465 e. The van der Waals surface area contributed by atoms with E-state index in [2.05, 4.69) is 0 Å². The van der Waals surface area contributed by atoms with E-state index in [1.165, 1.54) is 7.11 Å². The molecule has 0 amide bonds. The molecule has 0 heterocycles. The molecule has 0 spiro atoms. The van der Waals surface area contributed by atoms with Crippen LogP contribution in [0.5, 0.6) is 0 Å². The first-order valence-electron chi connectivity index (χ1n) is 9.75. The third kappa shape index (κ3) is 2.67. The van der Waals surface area contributed by atoms with Crippen LogP contribution in [0, 0.1) is 0 Å². The number of ketones is 1. The van der Waals surface area contributed by atoms with E-state index < -0.39 is 5.97 Å². The summed E-state index contributed by atoms with van der Waals surface area (Å²) in [6.07, 6.45) is 0. The molecule has 0 radical (unpaired) electrons. The van der Waals surface area contributed by atoms with Crippen LogP contribution in [0.4, 0.5) is 0 Å². The normalized spacial score (nSPS) is 11.7. The lowest BCUT2D eigenvalue weighted by Crippen LogP contribution is -2.08. The number of benzene rings is 4. The van der Waals surface area contributed by atoms with Gasteiger partial charge in [0.25, 0.3) is 0 Å². The molecule has 5 rings (SSSR count). The Balaban J connectivity index is 1.96. The minimum absolute atomic E-state index is 0.0203. The lowest BCUT2D eigenvalue weighted by atomic mass is 9.85.